The quantitative estimate of drug-likeness (QED) is 0.235. The van der Waals surface area contributed by atoms with Crippen LogP contribution in [0.25, 0.3) is 0 Å². The predicted octanol–water partition coefficient (Wildman–Crippen LogP) is 0.700. The van der Waals surface area contributed by atoms with Gasteiger partial charge >= 0.3 is 13.8 Å². The zero-order valence-electron chi connectivity index (χ0n) is 13.5. The Morgan fingerprint density at radius 1 is 1.32 bits per heavy atom. The van der Waals surface area contributed by atoms with Crippen LogP contribution in [0.4, 0.5) is 0 Å². The van der Waals surface area contributed by atoms with Gasteiger partial charge in [0.2, 0.25) is 0 Å². The largest absolute Gasteiger partial charge is 0.527 e. The van der Waals surface area contributed by atoms with E-state index in [1.807, 2.05) is 0 Å². The van der Waals surface area contributed by atoms with E-state index < -0.39 is 32.5 Å². The van der Waals surface area contributed by atoms with Crippen molar-refractivity contribution in [1.82, 2.24) is 0 Å². The number of ether oxygens (including phenoxy) is 1. The van der Waals surface area contributed by atoms with E-state index in [2.05, 4.69) is 11.1 Å². The molecule has 0 aromatic heterocycles. The van der Waals surface area contributed by atoms with E-state index in [0.29, 0.717) is 5.56 Å². The Hall–Kier alpha value is -1.74. The van der Waals surface area contributed by atoms with Crippen LogP contribution in [0.3, 0.4) is 0 Å². The average Bonchev–Trinajstić information content (AvgIpc) is 2.55. The van der Waals surface area contributed by atoms with Crippen molar-refractivity contribution in [3.63, 3.8) is 0 Å². The van der Waals surface area contributed by atoms with Crippen LogP contribution < -0.4 is 10.3 Å². The van der Waals surface area contributed by atoms with Crippen LogP contribution in [0.1, 0.15) is 5.56 Å². The van der Waals surface area contributed by atoms with Crippen LogP contribution >= 0.6 is 7.82 Å². The minimum absolute atomic E-state index is 0.0517. The number of rotatable bonds is 12. The smallest absolute Gasteiger partial charge is 0.480 e. The van der Waals surface area contributed by atoms with Gasteiger partial charge in [0.05, 0.1) is 19.8 Å². The van der Waals surface area contributed by atoms with E-state index in [4.69, 9.17) is 20.1 Å². The number of aliphatic hydroxyl groups excluding tert-OH is 1. The van der Waals surface area contributed by atoms with Gasteiger partial charge in [-0.15, -0.1) is 6.58 Å². The molecule has 1 aromatic carbocycles. The Morgan fingerprint density at radius 3 is 2.52 bits per heavy atom. The molecule has 0 saturated carbocycles. The van der Waals surface area contributed by atoms with E-state index in [1.165, 1.54) is 30.3 Å². The summed E-state index contributed by atoms with van der Waals surface area (Å²) in [6.07, 6.45) is 0.518. The number of hydrogen-bond donors (Lipinski definition) is 4. The van der Waals surface area contributed by atoms with Crippen molar-refractivity contribution in [1.29, 1.82) is 0 Å². The summed E-state index contributed by atoms with van der Waals surface area (Å²) < 4.78 is 26.3. The zero-order chi connectivity index (χ0) is 18.9. The van der Waals surface area contributed by atoms with Gasteiger partial charge in [0.25, 0.3) is 0 Å². The Bertz CT molecular complexity index is 606. The first-order valence-electron chi connectivity index (χ1n) is 7.34. The number of carboxylic acids is 1. The maximum atomic E-state index is 11.8. The van der Waals surface area contributed by atoms with E-state index in [1.54, 1.807) is 0 Å². The van der Waals surface area contributed by atoms with E-state index in [-0.39, 0.29) is 25.4 Å². The van der Waals surface area contributed by atoms with Gasteiger partial charge in [-0.3, -0.25) is 14.2 Å². The fraction of sp³-hybridized carbons (Fsp3) is 0.400. The first-order chi connectivity index (χ1) is 11.7. The molecule has 0 amide bonds. The van der Waals surface area contributed by atoms with Crippen LogP contribution in [-0.2, 0) is 25.0 Å². The van der Waals surface area contributed by atoms with Crippen molar-refractivity contribution in [2.75, 3.05) is 19.8 Å². The molecule has 0 fully saturated rings. The van der Waals surface area contributed by atoms with Crippen LogP contribution in [0.15, 0.2) is 36.9 Å². The molecule has 5 N–H and O–H groups in total. The van der Waals surface area contributed by atoms with Gasteiger partial charge in [-0.1, -0.05) is 18.2 Å². The number of phosphoric acid groups is 1. The molecule has 10 heteroatoms. The van der Waals surface area contributed by atoms with E-state index >= 15 is 0 Å². The van der Waals surface area contributed by atoms with E-state index in [9.17, 15) is 19.4 Å². The summed E-state index contributed by atoms with van der Waals surface area (Å²) in [6.45, 7) is 3.15. The van der Waals surface area contributed by atoms with E-state index in [0.717, 1.165) is 0 Å². The van der Waals surface area contributed by atoms with Gasteiger partial charge in [0.15, 0.2) is 0 Å². The number of carboxylic acid groups (broad SMARTS) is 1. The van der Waals surface area contributed by atoms with Crippen LogP contribution in [0, 0.1) is 0 Å². The number of phosphoric ester groups is 1. The number of carbonyl (C=O) groups is 1. The molecule has 3 atom stereocenters. The molecule has 0 spiro atoms. The normalized spacial score (nSPS) is 15.8. The SMILES string of the molecule is C=CCOC[C@H](O)COP(=O)(O)Oc1ccc(C[C@H](N)C(=O)O)cc1. The lowest BCUT2D eigenvalue weighted by molar-refractivity contribution is -0.138. The van der Waals surface area contributed by atoms with Gasteiger partial charge in [0.1, 0.15) is 17.9 Å². The summed E-state index contributed by atoms with van der Waals surface area (Å²) in [5.41, 5.74) is 6.06. The van der Waals surface area contributed by atoms with Crippen molar-refractivity contribution in [2.24, 2.45) is 5.73 Å². The Balaban J connectivity index is 2.49. The highest BCUT2D eigenvalue weighted by atomic mass is 31.2. The van der Waals surface area contributed by atoms with Crippen molar-refractivity contribution in [3.05, 3.63) is 42.5 Å². The third-order valence-corrected chi connectivity index (χ3v) is 3.81. The molecule has 140 valence electrons. The van der Waals surface area contributed by atoms with Gasteiger partial charge in [-0.25, -0.2) is 4.57 Å². The summed E-state index contributed by atoms with van der Waals surface area (Å²) in [4.78, 5) is 20.3. The lowest BCUT2D eigenvalue weighted by Gasteiger charge is -2.16. The molecule has 0 aliphatic carbocycles. The summed E-state index contributed by atoms with van der Waals surface area (Å²) in [5.74, 6) is -1.07. The van der Waals surface area contributed by atoms with Gasteiger partial charge in [0, 0.05) is 0 Å². The fourth-order valence-corrected chi connectivity index (χ4v) is 2.50. The summed E-state index contributed by atoms with van der Waals surface area (Å²) in [6, 6.07) is 4.79. The van der Waals surface area contributed by atoms with Gasteiger partial charge in [-0.05, 0) is 24.1 Å². The lowest BCUT2D eigenvalue weighted by atomic mass is 10.1. The molecule has 9 nitrogen and oxygen atoms in total. The molecule has 0 radical (unpaired) electrons. The molecule has 0 saturated heterocycles. The zero-order valence-corrected chi connectivity index (χ0v) is 14.4. The first-order valence-corrected chi connectivity index (χ1v) is 8.84. The number of aliphatic hydroxyl groups is 1. The molecule has 0 aliphatic heterocycles. The predicted molar refractivity (Wildman–Crippen MR) is 89.2 cm³/mol. The second-order valence-corrected chi connectivity index (χ2v) is 6.51. The maximum Gasteiger partial charge on any atom is 0.527 e. The molecular formula is C15H22NO8P. The number of benzene rings is 1. The molecule has 1 unspecified atom stereocenters. The van der Waals surface area contributed by atoms with Crippen molar-refractivity contribution in [2.45, 2.75) is 18.6 Å². The second kappa shape index (κ2) is 10.3. The first kappa shape index (κ1) is 21.3. The molecule has 0 bridgehead atoms. The van der Waals surface area contributed by atoms with Crippen molar-refractivity contribution in [3.8, 4) is 5.75 Å². The van der Waals surface area contributed by atoms with Crippen LogP contribution in [0.5, 0.6) is 5.75 Å². The molecule has 1 aromatic rings. The van der Waals surface area contributed by atoms with Gasteiger partial charge < -0.3 is 25.2 Å². The van der Waals surface area contributed by atoms with Crippen LogP contribution in [-0.4, -0.2) is 53.0 Å². The Morgan fingerprint density at radius 2 is 1.96 bits per heavy atom. The molecule has 0 heterocycles. The molecular weight excluding hydrogens is 353 g/mol. The Kier molecular flexibility index (Phi) is 8.77. The monoisotopic (exact) mass is 375 g/mol. The van der Waals surface area contributed by atoms with Crippen molar-refractivity contribution < 1.29 is 38.3 Å². The molecule has 25 heavy (non-hydrogen) atoms. The maximum absolute atomic E-state index is 11.8. The standard InChI is InChI=1S/C15H22NO8P/c1-2-7-22-9-12(17)10-23-25(20,21)24-13-5-3-11(4-6-13)8-14(16)15(18)19/h2-6,12,14,17H,1,7-10,16H2,(H,18,19)(H,20,21)/t12-,14-/m0/s1. The number of hydrogen-bond acceptors (Lipinski definition) is 7. The molecule has 0 aliphatic rings. The van der Waals surface area contributed by atoms with Gasteiger partial charge in [-0.2, -0.15) is 0 Å². The number of aliphatic carboxylic acids is 1. The summed E-state index contributed by atoms with van der Waals surface area (Å²) in [5, 5.41) is 18.3. The van der Waals surface area contributed by atoms with Crippen LogP contribution in [0.2, 0.25) is 0 Å². The third-order valence-electron chi connectivity index (χ3n) is 2.89. The minimum Gasteiger partial charge on any atom is -0.480 e. The summed E-state index contributed by atoms with van der Waals surface area (Å²) >= 11 is 0. The number of nitrogens with two attached hydrogens (primary N) is 1. The van der Waals surface area contributed by atoms with Crippen molar-refractivity contribution >= 4 is 13.8 Å². The second-order valence-electron chi connectivity index (χ2n) is 5.13. The average molecular weight is 375 g/mol. The highest BCUT2D eigenvalue weighted by molar-refractivity contribution is 7.47. The highest BCUT2D eigenvalue weighted by Crippen LogP contribution is 2.43. The summed E-state index contributed by atoms with van der Waals surface area (Å²) in [7, 11) is -4.42. The lowest BCUT2D eigenvalue weighted by Crippen LogP contribution is -2.32. The topological polar surface area (TPSA) is 149 Å². The fourth-order valence-electron chi connectivity index (χ4n) is 1.70. The minimum atomic E-state index is -4.42. The molecule has 1 rings (SSSR count). The highest BCUT2D eigenvalue weighted by Gasteiger charge is 2.24. The third kappa shape index (κ3) is 8.78. The Labute approximate surface area is 145 Å².